The van der Waals surface area contributed by atoms with E-state index < -0.39 is 0 Å². The molecule has 1 N–H and O–H groups in total. The van der Waals surface area contributed by atoms with Crippen molar-refractivity contribution < 1.29 is 4.42 Å². The summed E-state index contributed by atoms with van der Waals surface area (Å²) < 4.78 is 5.38. The average molecular weight is 193 g/mol. The molecule has 1 aliphatic rings. The van der Waals surface area contributed by atoms with Gasteiger partial charge in [0.05, 0.1) is 6.26 Å². The van der Waals surface area contributed by atoms with Gasteiger partial charge in [-0.25, -0.2) is 0 Å². The van der Waals surface area contributed by atoms with Gasteiger partial charge in [-0.05, 0) is 36.9 Å². The molecule has 1 fully saturated rings. The molecular weight excluding hydrogens is 174 g/mol. The van der Waals surface area contributed by atoms with Crippen LogP contribution >= 0.6 is 0 Å². The molecule has 0 aromatic carbocycles. The molecule has 3 unspecified atom stereocenters. The summed E-state index contributed by atoms with van der Waals surface area (Å²) >= 11 is 0. The molecule has 0 saturated heterocycles. The van der Waals surface area contributed by atoms with Crippen LogP contribution in [0.2, 0.25) is 0 Å². The number of likely N-dealkylation sites (N-methyl/N-ethyl adjacent to an activating group) is 1. The number of hydrogen-bond acceptors (Lipinski definition) is 2. The van der Waals surface area contributed by atoms with E-state index in [0.717, 1.165) is 30.6 Å². The number of rotatable bonds is 5. The van der Waals surface area contributed by atoms with Crippen LogP contribution in [-0.2, 0) is 6.42 Å². The Kier molecular flexibility index (Phi) is 2.92. The highest BCUT2D eigenvalue weighted by Gasteiger charge is 2.39. The Hall–Kier alpha value is -0.760. The van der Waals surface area contributed by atoms with Crippen LogP contribution in [0.5, 0.6) is 0 Å². The van der Waals surface area contributed by atoms with Crippen LogP contribution in [0.1, 0.15) is 26.0 Å². The highest BCUT2D eigenvalue weighted by molar-refractivity contribution is 5.04. The van der Waals surface area contributed by atoms with E-state index in [9.17, 15) is 0 Å². The molecule has 0 bridgehead atoms. The molecule has 0 amide bonds. The number of hydrogen-bond donors (Lipinski definition) is 1. The van der Waals surface area contributed by atoms with Crippen LogP contribution in [0.25, 0.3) is 0 Å². The van der Waals surface area contributed by atoms with Crippen molar-refractivity contribution in [3.8, 4) is 0 Å². The van der Waals surface area contributed by atoms with E-state index in [4.69, 9.17) is 4.42 Å². The van der Waals surface area contributed by atoms with Crippen molar-refractivity contribution in [2.45, 2.75) is 32.7 Å². The summed E-state index contributed by atoms with van der Waals surface area (Å²) in [5.41, 5.74) is 0. The van der Waals surface area contributed by atoms with Crippen molar-refractivity contribution in [1.82, 2.24) is 5.32 Å². The molecule has 2 heteroatoms. The molecule has 2 nitrogen and oxygen atoms in total. The van der Waals surface area contributed by atoms with Gasteiger partial charge in [0.2, 0.25) is 0 Å². The normalized spacial score (nSPS) is 27.6. The fourth-order valence-electron chi connectivity index (χ4n) is 2.19. The zero-order chi connectivity index (χ0) is 9.97. The SMILES string of the molecule is CCNC(Cc1ccco1)C1CC1C. The highest BCUT2D eigenvalue weighted by Crippen LogP contribution is 2.41. The average Bonchev–Trinajstić information content (AvgIpc) is 2.68. The summed E-state index contributed by atoms with van der Waals surface area (Å²) in [5, 5.41) is 3.55. The third-order valence-electron chi connectivity index (χ3n) is 3.16. The summed E-state index contributed by atoms with van der Waals surface area (Å²) in [5.74, 6) is 2.86. The first-order chi connectivity index (χ1) is 6.81. The molecular formula is C12H19NO. The van der Waals surface area contributed by atoms with Crippen LogP contribution in [0.15, 0.2) is 22.8 Å². The van der Waals surface area contributed by atoms with Gasteiger partial charge >= 0.3 is 0 Å². The van der Waals surface area contributed by atoms with Gasteiger partial charge in [-0.1, -0.05) is 13.8 Å². The summed E-state index contributed by atoms with van der Waals surface area (Å²) in [6, 6.07) is 4.65. The zero-order valence-corrected chi connectivity index (χ0v) is 8.99. The molecule has 0 radical (unpaired) electrons. The fourth-order valence-corrected chi connectivity index (χ4v) is 2.19. The maximum absolute atomic E-state index is 5.38. The Morgan fingerprint density at radius 3 is 2.93 bits per heavy atom. The van der Waals surface area contributed by atoms with Gasteiger partial charge in [-0.15, -0.1) is 0 Å². The van der Waals surface area contributed by atoms with Crippen LogP contribution in [-0.4, -0.2) is 12.6 Å². The second kappa shape index (κ2) is 4.18. The third-order valence-corrected chi connectivity index (χ3v) is 3.16. The van der Waals surface area contributed by atoms with Crippen LogP contribution in [0.3, 0.4) is 0 Å². The standard InChI is InChI=1S/C12H19NO/c1-3-13-12(11-7-9(11)2)8-10-5-4-6-14-10/h4-6,9,11-13H,3,7-8H2,1-2H3. The van der Waals surface area contributed by atoms with Crippen molar-refractivity contribution in [2.75, 3.05) is 6.54 Å². The minimum Gasteiger partial charge on any atom is -0.469 e. The zero-order valence-electron chi connectivity index (χ0n) is 8.99. The minimum absolute atomic E-state index is 0.612. The first-order valence-corrected chi connectivity index (χ1v) is 5.57. The molecule has 14 heavy (non-hydrogen) atoms. The van der Waals surface area contributed by atoms with Crippen molar-refractivity contribution in [2.24, 2.45) is 11.8 Å². The molecule has 2 rings (SSSR count). The van der Waals surface area contributed by atoms with E-state index in [1.807, 2.05) is 6.07 Å². The van der Waals surface area contributed by atoms with E-state index >= 15 is 0 Å². The van der Waals surface area contributed by atoms with Gasteiger partial charge in [-0.3, -0.25) is 0 Å². The lowest BCUT2D eigenvalue weighted by Gasteiger charge is -2.16. The van der Waals surface area contributed by atoms with E-state index in [1.54, 1.807) is 6.26 Å². The van der Waals surface area contributed by atoms with Gasteiger partial charge in [0.25, 0.3) is 0 Å². The topological polar surface area (TPSA) is 25.2 Å². The van der Waals surface area contributed by atoms with E-state index in [0.29, 0.717) is 6.04 Å². The van der Waals surface area contributed by atoms with Crippen LogP contribution in [0.4, 0.5) is 0 Å². The summed E-state index contributed by atoms with van der Waals surface area (Å²) in [4.78, 5) is 0. The maximum atomic E-state index is 5.38. The van der Waals surface area contributed by atoms with E-state index in [1.165, 1.54) is 6.42 Å². The Bertz CT molecular complexity index is 268. The van der Waals surface area contributed by atoms with E-state index in [2.05, 4.69) is 25.2 Å². The predicted octanol–water partition coefficient (Wildman–Crippen LogP) is 2.46. The molecule has 0 spiro atoms. The van der Waals surface area contributed by atoms with Crippen molar-refractivity contribution in [3.05, 3.63) is 24.2 Å². The maximum Gasteiger partial charge on any atom is 0.105 e. The Morgan fingerprint density at radius 1 is 1.64 bits per heavy atom. The second-order valence-corrected chi connectivity index (χ2v) is 4.32. The largest absolute Gasteiger partial charge is 0.469 e. The van der Waals surface area contributed by atoms with Crippen molar-refractivity contribution >= 4 is 0 Å². The Morgan fingerprint density at radius 2 is 2.43 bits per heavy atom. The lowest BCUT2D eigenvalue weighted by Crippen LogP contribution is -2.33. The van der Waals surface area contributed by atoms with Crippen LogP contribution < -0.4 is 5.32 Å². The monoisotopic (exact) mass is 193 g/mol. The van der Waals surface area contributed by atoms with Gasteiger partial charge in [0.1, 0.15) is 5.76 Å². The quantitative estimate of drug-likeness (QED) is 0.777. The molecule has 78 valence electrons. The van der Waals surface area contributed by atoms with Gasteiger partial charge in [0, 0.05) is 12.5 Å². The number of furan rings is 1. The lowest BCUT2D eigenvalue weighted by atomic mass is 10.1. The Labute approximate surface area is 85.7 Å². The van der Waals surface area contributed by atoms with Crippen molar-refractivity contribution in [3.63, 3.8) is 0 Å². The lowest BCUT2D eigenvalue weighted by molar-refractivity contribution is 0.408. The summed E-state index contributed by atoms with van der Waals surface area (Å²) in [6.45, 7) is 5.55. The van der Waals surface area contributed by atoms with Crippen LogP contribution in [0, 0.1) is 11.8 Å². The predicted molar refractivity (Wildman–Crippen MR) is 57.1 cm³/mol. The van der Waals surface area contributed by atoms with Gasteiger partial charge in [0.15, 0.2) is 0 Å². The molecule has 1 saturated carbocycles. The van der Waals surface area contributed by atoms with E-state index in [-0.39, 0.29) is 0 Å². The molecule has 1 aliphatic carbocycles. The molecule has 0 aliphatic heterocycles. The molecule has 3 atom stereocenters. The fraction of sp³-hybridized carbons (Fsp3) is 0.667. The first-order valence-electron chi connectivity index (χ1n) is 5.57. The van der Waals surface area contributed by atoms with Gasteiger partial charge < -0.3 is 9.73 Å². The van der Waals surface area contributed by atoms with Crippen molar-refractivity contribution in [1.29, 1.82) is 0 Å². The third kappa shape index (κ3) is 2.18. The highest BCUT2D eigenvalue weighted by atomic mass is 16.3. The minimum atomic E-state index is 0.612. The van der Waals surface area contributed by atoms with Gasteiger partial charge in [-0.2, -0.15) is 0 Å². The first kappa shape index (κ1) is 9.78. The molecule has 1 aromatic heterocycles. The molecule has 1 aromatic rings. The summed E-state index contributed by atoms with van der Waals surface area (Å²) in [7, 11) is 0. The Balaban J connectivity index is 1.91. The smallest absolute Gasteiger partial charge is 0.105 e. The number of nitrogens with one attached hydrogen (secondary N) is 1. The second-order valence-electron chi connectivity index (χ2n) is 4.32. The summed E-state index contributed by atoms with van der Waals surface area (Å²) in [6.07, 6.45) is 4.17. The molecule has 1 heterocycles.